The minimum Gasteiger partial charge on any atom is -0.490 e. The number of hydrogen-bond acceptors (Lipinski definition) is 3. The number of nitro benzene ring substituents is 1. The number of methoxy groups -OCH3 is 1. The Morgan fingerprint density at radius 1 is 1.42 bits per heavy atom. The zero-order valence-electron chi connectivity index (χ0n) is 6.48. The molecule has 0 fully saturated rings. The van der Waals surface area contributed by atoms with E-state index in [-0.39, 0.29) is 16.9 Å². The van der Waals surface area contributed by atoms with Crippen LogP contribution in [0.15, 0.2) is 24.3 Å². The molecular formula is C7H9NO4. The molecule has 0 unspecified atom stereocenters. The Bertz CT molecular complexity index is 274. The zero-order valence-corrected chi connectivity index (χ0v) is 6.48. The fraction of sp³-hybridized carbons (Fsp3) is 0.143. The Balaban J connectivity index is 0.00000121. The van der Waals surface area contributed by atoms with E-state index in [1.54, 1.807) is 18.2 Å². The van der Waals surface area contributed by atoms with Gasteiger partial charge in [0.15, 0.2) is 5.75 Å². The van der Waals surface area contributed by atoms with Crippen LogP contribution in [0.2, 0.25) is 0 Å². The Morgan fingerprint density at radius 3 is 2.42 bits per heavy atom. The molecule has 0 atom stereocenters. The number of para-hydroxylation sites is 2. The first kappa shape index (κ1) is 10.4. The maximum Gasteiger partial charge on any atom is 0.310 e. The summed E-state index contributed by atoms with van der Waals surface area (Å²) in [7, 11) is 1.41. The molecule has 0 aromatic heterocycles. The molecule has 1 aromatic rings. The van der Waals surface area contributed by atoms with Gasteiger partial charge in [-0.25, -0.2) is 0 Å². The molecule has 0 radical (unpaired) electrons. The fourth-order valence-electron chi connectivity index (χ4n) is 0.781. The summed E-state index contributed by atoms with van der Waals surface area (Å²) in [5.74, 6) is 0.289. The van der Waals surface area contributed by atoms with Crippen LogP contribution < -0.4 is 4.74 Å². The highest BCUT2D eigenvalue weighted by molar-refractivity contribution is 5.45. The summed E-state index contributed by atoms with van der Waals surface area (Å²) in [6.45, 7) is 0. The lowest BCUT2D eigenvalue weighted by Crippen LogP contribution is -1.92. The molecule has 0 aliphatic heterocycles. The van der Waals surface area contributed by atoms with Crippen LogP contribution >= 0.6 is 0 Å². The van der Waals surface area contributed by atoms with Crippen molar-refractivity contribution >= 4 is 5.69 Å². The van der Waals surface area contributed by atoms with Crippen molar-refractivity contribution in [3.63, 3.8) is 0 Å². The number of nitrogens with zero attached hydrogens (tertiary/aromatic N) is 1. The van der Waals surface area contributed by atoms with Crippen molar-refractivity contribution in [2.24, 2.45) is 0 Å². The molecule has 0 saturated carbocycles. The van der Waals surface area contributed by atoms with Crippen molar-refractivity contribution in [2.75, 3.05) is 7.11 Å². The summed E-state index contributed by atoms with van der Waals surface area (Å²) in [6, 6.07) is 6.24. The van der Waals surface area contributed by atoms with E-state index >= 15 is 0 Å². The summed E-state index contributed by atoms with van der Waals surface area (Å²) in [5, 5.41) is 10.3. The minimum absolute atomic E-state index is 0. The van der Waals surface area contributed by atoms with E-state index in [2.05, 4.69) is 0 Å². The van der Waals surface area contributed by atoms with Gasteiger partial charge in [0.25, 0.3) is 0 Å². The maximum atomic E-state index is 10.3. The Hall–Kier alpha value is -1.62. The third-order valence-electron chi connectivity index (χ3n) is 1.28. The molecule has 1 aromatic carbocycles. The van der Waals surface area contributed by atoms with E-state index in [0.717, 1.165) is 0 Å². The first-order valence-electron chi connectivity index (χ1n) is 3.03. The Morgan fingerprint density at radius 2 is 2.00 bits per heavy atom. The van der Waals surface area contributed by atoms with Crippen LogP contribution in [0.3, 0.4) is 0 Å². The van der Waals surface area contributed by atoms with Gasteiger partial charge < -0.3 is 10.2 Å². The van der Waals surface area contributed by atoms with Crippen molar-refractivity contribution in [3.05, 3.63) is 34.4 Å². The summed E-state index contributed by atoms with van der Waals surface area (Å²) in [4.78, 5) is 9.83. The molecule has 0 saturated heterocycles. The van der Waals surface area contributed by atoms with Crippen LogP contribution in [0.4, 0.5) is 5.69 Å². The van der Waals surface area contributed by atoms with Crippen molar-refractivity contribution < 1.29 is 15.1 Å². The molecule has 12 heavy (non-hydrogen) atoms. The van der Waals surface area contributed by atoms with Crippen LogP contribution in [-0.2, 0) is 0 Å². The SMILES string of the molecule is COc1ccccc1[N+](=O)[O-].O. The second-order valence-corrected chi connectivity index (χ2v) is 1.93. The molecule has 66 valence electrons. The van der Waals surface area contributed by atoms with Crippen LogP contribution in [0.25, 0.3) is 0 Å². The summed E-state index contributed by atoms with van der Waals surface area (Å²) >= 11 is 0. The number of nitro groups is 1. The molecule has 5 nitrogen and oxygen atoms in total. The standard InChI is InChI=1S/C7H7NO3.H2O/c1-11-7-5-3-2-4-6(7)8(9)10;/h2-5H,1H3;1H2. The van der Waals surface area contributed by atoms with E-state index < -0.39 is 4.92 Å². The lowest BCUT2D eigenvalue weighted by Gasteiger charge is -1.98. The van der Waals surface area contributed by atoms with Gasteiger partial charge in [0, 0.05) is 6.07 Å². The topological polar surface area (TPSA) is 83.9 Å². The van der Waals surface area contributed by atoms with Gasteiger partial charge in [0.05, 0.1) is 12.0 Å². The van der Waals surface area contributed by atoms with Crippen molar-refractivity contribution in [2.45, 2.75) is 0 Å². The summed E-state index contributed by atoms with van der Waals surface area (Å²) in [6.07, 6.45) is 0. The second-order valence-electron chi connectivity index (χ2n) is 1.93. The average Bonchev–Trinajstić information content (AvgIpc) is 2.04. The molecular weight excluding hydrogens is 162 g/mol. The van der Waals surface area contributed by atoms with Gasteiger partial charge in [0.2, 0.25) is 0 Å². The van der Waals surface area contributed by atoms with Crippen molar-refractivity contribution in [1.29, 1.82) is 0 Å². The number of ether oxygens (including phenoxy) is 1. The van der Waals surface area contributed by atoms with Crippen LogP contribution in [0, 0.1) is 10.1 Å². The van der Waals surface area contributed by atoms with E-state index in [1.807, 2.05) is 0 Å². The highest BCUT2D eigenvalue weighted by Crippen LogP contribution is 2.24. The van der Waals surface area contributed by atoms with Gasteiger partial charge in [-0.05, 0) is 6.07 Å². The van der Waals surface area contributed by atoms with Gasteiger partial charge in [-0.1, -0.05) is 12.1 Å². The lowest BCUT2D eigenvalue weighted by atomic mass is 10.3. The number of rotatable bonds is 2. The summed E-state index contributed by atoms with van der Waals surface area (Å²) in [5.41, 5.74) is -0.00463. The van der Waals surface area contributed by atoms with E-state index in [0.29, 0.717) is 0 Å². The third kappa shape index (κ3) is 1.93. The van der Waals surface area contributed by atoms with Gasteiger partial charge in [0.1, 0.15) is 0 Å². The zero-order chi connectivity index (χ0) is 8.27. The monoisotopic (exact) mass is 171 g/mol. The van der Waals surface area contributed by atoms with E-state index in [4.69, 9.17) is 4.74 Å². The smallest absolute Gasteiger partial charge is 0.310 e. The molecule has 1 rings (SSSR count). The second kappa shape index (κ2) is 4.30. The predicted octanol–water partition coefficient (Wildman–Crippen LogP) is 0.779. The van der Waals surface area contributed by atoms with Crippen LogP contribution in [-0.4, -0.2) is 17.5 Å². The summed E-state index contributed by atoms with van der Waals surface area (Å²) < 4.78 is 4.76. The molecule has 0 aliphatic rings. The fourth-order valence-corrected chi connectivity index (χ4v) is 0.781. The van der Waals surface area contributed by atoms with Gasteiger partial charge in [-0.3, -0.25) is 10.1 Å². The Labute approximate surface area is 69.0 Å². The number of benzene rings is 1. The molecule has 0 aliphatic carbocycles. The maximum absolute atomic E-state index is 10.3. The normalized spacial score (nSPS) is 8.42. The van der Waals surface area contributed by atoms with Crippen molar-refractivity contribution in [3.8, 4) is 5.75 Å². The molecule has 0 bridgehead atoms. The molecule has 5 heteroatoms. The van der Waals surface area contributed by atoms with Gasteiger partial charge in [-0.15, -0.1) is 0 Å². The molecule has 0 amide bonds. The highest BCUT2D eigenvalue weighted by atomic mass is 16.6. The Kier molecular flexibility index (Phi) is 3.72. The van der Waals surface area contributed by atoms with Crippen molar-refractivity contribution in [1.82, 2.24) is 0 Å². The van der Waals surface area contributed by atoms with Crippen LogP contribution in [0.5, 0.6) is 5.75 Å². The van der Waals surface area contributed by atoms with Gasteiger partial charge >= 0.3 is 5.69 Å². The lowest BCUT2D eigenvalue weighted by molar-refractivity contribution is -0.385. The minimum atomic E-state index is -0.473. The highest BCUT2D eigenvalue weighted by Gasteiger charge is 2.11. The predicted molar refractivity (Wildman–Crippen MR) is 43.3 cm³/mol. The van der Waals surface area contributed by atoms with E-state index in [1.165, 1.54) is 13.2 Å². The van der Waals surface area contributed by atoms with Gasteiger partial charge in [-0.2, -0.15) is 0 Å². The third-order valence-corrected chi connectivity index (χ3v) is 1.28. The van der Waals surface area contributed by atoms with Crippen LogP contribution in [0.1, 0.15) is 0 Å². The number of hydrogen-bond donors (Lipinski definition) is 0. The quantitative estimate of drug-likeness (QED) is 0.486. The average molecular weight is 171 g/mol. The largest absolute Gasteiger partial charge is 0.490 e. The van der Waals surface area contributed by atoms with E-state index in [9.17, 15) is 10.1 Å². The molecule has 2 N–H and O–H groups in total. The molecule has 0 spiro atoms. The molecule has 0 heterocycles. The first-order valence-corrected chi connectivity index (χ1v) is 3.03. The first-order chi connectivity index (χ1) is 5.25.